The smallest absolute Gasteiger partial charge is 0.385 e. The van der Waals surface area contributed by atoms with Gasteiger partial charge in [-0.15, -0.1) is 0 Å². The van der Waals surface area contributed by atoms with Gasteiger partial charge in [0.2, 0.25) is 0 Å². The first-order valence-electron chi connectivity index (χ1n) is 17.0. The Morgan fingerprint density at radius 1 is 0.875 bits per heavy atom. The fraction of sp³-hybridized carbons (Fsp3) is 0.605. The summed E-state index contributed by atoms with van der Waals surface area (Å²) in [6.45, 7) is 6.55. The van der Waals surface area contributed by atoms with Crippen molar-refractivity contribution in [2.24, 2.45) is 22.7 Å². The molecule has 2 heterocycles. The number of benzene rings is 1. The van der Waals surface area contributed by atoms with Gasteiger partial charge in [0, 0.05) is 42.0 Å². The molecule has 1 aromatic carbocycles. The van der Waals surface area contributed by atoms with Gasteiger partial charge in [-0.3, -0.25) is 4.98 Å². The van der Waals surface area contributed by atoms with Crippen LogP contribution in [-0.2, 0) is 9.47 Å². The van der Waals surface area contributed by atoms with Crippen molar-refractivity contribution in [2.45, 2.75) is 107 Å². The van der Waals surface area contributed by atoms with Crippen molar-refractivity contribution in [2.75, 3.05) is 13.2 Å². The average Bonchev–Trinajstić information content (AvgIpc) is 3.32. The number of fused-ring (bicyclic) bond motifs is 4. The van der Waals surface area contributed by atoms with Crippen LogP contribution in [0.15, 0.2) is 59.9 Å². The summed E-state index contributed by atoms with van der Waals surface area (Å²) < 4.78 is 85.2. The van der Waals surface area contributed by atoms with Gasteiger partial charge in [-0.2, -0.15) is 22.0 Å². The Kier molecular flexibility index (Phi) is 7.87. The molecule has 2 N–H and O–H groups in total. The fourth-order valence-electron chi connectivity index (χ4n) is 9.81. The van der Waals surface area contributed by atoms with Gasteiger partial charge in [0.05, 0.1) is 18.8 Å². The van der Waals surface area contributed by atoms with E-state index < -0.39 is 52.8 Å². The zero-order valence-corrected chi connectivity index (χ0v) is 27.6. The Bertz CT molecular complexity index is 1590. The van der Waals surface area contributed by atoms with Gasteiger partial charge in [0.25, 0.3) is 0 Å². The molecule has 2 aromatic rings. The molecule has 4 aliphatic carbocycles. The summed E-state index contributed by atoms with van der Waals surface area (Å²) in [5.41, 5.74) is -2.05. The third kappa shape index (κ3) is 5.19. The highest BCUT2D eigenvalue weighted by atomic mass is 19.4. The summed E-state index contributed by atoms with van der Waals surface area (Å²) in [6.07, 6.45) is 2.64. The highest BCUT2D eigenvalue weighted by Crippen LogP contribution is 2.71. The summed E-state index contributed by atoms with van der Waals surface area (Å²) in [7, 11) is 0. The van der Waals surface area contributed by atoms with Crippen molar-refractivity contribution in [1.82, 2.24) is 4.98 Å². The van der Waals surface area contributed by atoms with E-state index in [-0.39, 0.29) is 30.6 Å². The van der Waals surface area contributed by atoms with Crippen LogP contribution in [0.4, 0.5) is 22.0 Å². The molecular weight excluding hydrogens is 629 g/mol. The normalized spacial score (nSPS) is 36.2. The Morgan fingerprint density at radius 2 is 1.56 bits per heavy atom. The molecule has 0 radical (unpaired) electrons. The molecule has 1 aliphatic heterocycles. The zero-order valence-electron chi connectivity index (χ0n) is 27.6. The van der Waals surface area contributed by atoms with E-state index in [0.29, 0.717) is 38.9 Å². The summed E-state index contributed by atoms with van der Waals surface area (Å²) in [5.74, 6) is -7.72. The molecular formula is C38H44F5NO4. The monoisotopic (exact) mass is 673 g/mol. The molecule has 10 heteroatoms. The molecule has 48 heavy (non-hydrogen) atoms. The first-order valence-corrected chi connectivity index (χ1v) is 17.0. The third-order valence-electron chi connectivity index (χ3n) is 12.4. The predicted molar refractivity (Wildman–Crippen MR) is 171 cm³/mol. The molecule has 5 nitrogen and oxygen atoms in total. The maximum Gasteiger partial charge on any atom is 0.456 e. The number of ether oxygens (including phenoxy) is 2. The second kappa shape index (κ2) is 11.2. The van der Waals surface area contributed by atoms with E-state index in [0.717, 1.165) is 27.8 Å². The largest absolute Gasteiger partial charge is 0.456 e. The van der Waals surface area contributed by atoms with Gasteiger partial charge in [-0.05, 0) is 78.7 Å². The molecule has 6 atom stereocenters. The fourth-order valence-corrected chi connectivity index (χ4v) is 9.81. The zero-order chi connectivity index (χ0) is 34.4. The first-order chi connectivity index (χ1) is 22.4. The highest BCUT2D eigenvalue weighted by molar-refractivity contribution is 5.69. The van der Waals surface area contributed by atoms with E-state index >= 15 is 8.78 Å². The van der Waals surface area contributed by atoms with Gasteiger partial charge in [-0.25, -0.2) is 0 Å². The third-order valence-corrected chi connectivity index (χ3v) is 12.4. The molecule has 5 aliphatic rings. The van der Waals surface area contributed by atoms with Crippen LogP contribution in [0.25, 0.3) is 12.2 Å². The Balaban J connectivity index is 1.30. The van der Waals surface area contributed by atoms with Crippen LogP contribution >= 0.6 is 0 Å². The summed E-state index contributed by atoms with van der Waals surface area (Å²) in [5, 5.41) is 24.0. The summed E-state index contributed by atoms with van der Waals surface area (Å²) in [4.78, 5) is 4.12. The molecule has 0 amide bonds. The molecule has 1 saturated heterocycles. The van der Waals surface area contributed by atoms with Crippen LogP contribution in [0.3, 0.4) is 0 Å². The van der Waals surface area contributed by atoms with Crippen molar-refractivity contribution in [3.8, 4) is 0 Å². The number of halogens is 5. The van der Waals surface area contributed by atoms with Crippen LogP contribution in [0.2, 0.25) is 0 Å². The topological polar surface area (TPSA) is 71.8 Å². The standard InChI is InChI=1S/C38H44F5NO4/c1-32(2)22-47-35(48-23-32)16-13-30-31-27(12-15-34(30,45)21-35)29-14-17-36(46,37(39,40)38(41,42)43)33(29,3)19-28(31)26-10-8-24(9-11-26)6-7-25-5-4-18-44-20-25/h4-11,18,20,27-29,45-46H,12-17,19,21-23H2,1-3H3/b7-6+/t27-,28+,29-,33-,34+,36-/m0/s1. The minimum atomic E-state index is -5.89. The second-order valence-electron chi connectivity index (χ2n) is 16.0. The van der Waals surface area contributed by atoms with Gasteiger partial charge in [-0.1, -0.05) is 68.8 Å². The SMILES string of the molecule is CC1(C)COC2(CCC3=C4[C@@H](CC[C@@]3(O)C2)[C@@H]2CC[C@@](O)(C(F)(F)C(F)(F)F)[C@@]2(C)C[C@@H]4c2ccc(/C=C/c3cccnc3)cc2)OC1. The number of pyridine rings is 1. The lowest BCUT2D eigenvalue weighted by atomic mass is 9.49. The number of allylic oxidation sites excluding steroid dienone is 1. The average molecular weight is 674 g/mol. The number of hydrogen-bond donors (Lipinski definition) is 2. The minimum absolute atomic E-state index is 0.0502. The van der Waals surface area contributed by atoms with Crippen LogP contribution in [0.5, 0.6) is 0 Å². The number of rotatable bonds is 4. The van der Waals surface area contributed by atoms with Gasteiger partial charge >= 0.3 is 12.1 Å². The Labute approximate surface area is 278 Å². The van der Waals surface area contributed by atoms with E-state index in [1.807, 2.05) is 48.6 Å². The Hall–Kier alpha value is -2.66. The molecule has 7 rings (SSSR count). The summed E-state index contributed by atoms with van der Waals surface area (Å²) >= 11 is 0. The van der Waals surface area contributed by atoms with Crippen molar-refractivity contribution in [1.29, 1.82) is 0 Å². The highest BCUT2D eigenvalue weighted by Gasteiger charge is 2.79. The van der Waals surface area contributed by atoms with Gasteiger partial charge < -0.3 is 19.7 Å². The van der Waals surface area contributed by atoms with Gasteiger partial charge in [0.15, 0.2) is 5.79 Å². The molecule has 0 bridgehead atoms. The number of nitrogens with zero attached hydrogens (tertiary/aromatic N) is 1. The van der Waals surface area contributed by atoms with Crippen molar-refractivity contribution < 1.29 is 41.6 Å². The maximum absolute atomic E-state index is 15.4. The number of alkyl halides is 5. The van der Waals surface area contributed by atoms with Crippen LogP contribution in [-0.4, -0.2) is 57.5 Å². The minimum Gasteiger partial charge on any atom is -0.385 e. The molecule has 260 valence electrons. The van der Waals surface area contributed by atoms with Crippen molar-refractivity contribution >= 4 is 12.2 Å². The van der Waals surface area contributed by atoms with E-state index in [2.05, 4.69) is 18.8 Å². The second-order valence-corrected chi connectivity index (χ2v) is 16.0. The predicted octanol–water partition coefficient (Wildman–Crippen LogP) is 8.48. The molecule has 4 fully saturated rings. The van der Waals surface area contributed by atoms with Crippen molar-refractivity contribution in [3.63, 3.8) is 0 Å². The van der Waals surface area contributed by atoms with Crippen LogP contribution < -0.4 is 0 Å². The number of aromatic nitrogens is 1. The maximum atomic E-state index is 15.4. The lowest BCUT2D eigenvalue weighted by Gasteiger charge is -2.59. The lowest BCUT2D eigenvalue weighted by Crippen LogP contribution is -2.65. The lowest BCUT2D eigenvalue weighted by molar-refractivity contribution is -0.362. The van der Waals surface area contributed by atoms with E-state index in [9.17, 15) is 23.4 Å². The van der Waals surface area contributed by atoms with Crippen LogP contribution in [0.1, 0.15) is 94.7 Å². The van der Waals surface area contributed by atoms with Crippen molar-refractivity contribution in [3.05, 3.63) is 76.6 Å². The molecule has 1 aromatic heterocycles. The summed E-state index contributed by atoms with van der Waals surface area (Å²) in [6, 6.07) is 11.4. The quantitative estimate of drug-likeness (QED) is 0.252. The molecule has 1 spiro atoms. The first kappa shape index (κ1) is 33.8. The number of aliphatic hydroxyl groups is 2. The molecule has 3 saturated carbocycles. The van der Waals surface area contributed by atoms with E-state index in [4.69, 9.17) is 9.47 Å². The molecule has 0 unspecified atom stereocenters. The van der Waals surface area contributed by atoms with E-state index in [1.165, 1.54) is 6.92 Å². The van der Waals surface area contributed by atoms with E-state index in [1.54, 1.807) is 12.4 Å². The number of hydrogen-bond acceptors (Lipinski definition) is 5. The Morgan fingerprint density at radius 3 is 2.21 bits per heavy atom. The van der Waals surface area contributed by atoms with Crippen LogP contribution in [0, 0.1) is 22.7 Å². The van der Waals surface area contributed by atoms with Gasteiger partial charge in [0.1, 0.15) is 5.60 Å².